The number of pyridine rings is 1. The minimum atomic E-state index is 0.286. The standard InChI is InChI=1S/C19H20N4O2/c1-24-17-4-2-3-15(11-17)18-21-19(25-22-18)16-7-10-23(13-16)12-14-5-8-20-9-6-14/h2-6,8-9,11,16H,7,10,12-13H2,1H3/t16-/m1/s1. The normalized spacial score (nSPS) is 17.7. The Labute approximate surface area is 146 Å². The SMILES string of the molecule is COc1cccc(-c2noc([C@@H]3CCN(Cc4ccncc4)C3)n2)c1. The van der Waals surface area contributed by atoms with Gasteiger partial charge >= 0.3 is 0 Å². The maximum absolute atomic E-state index is 5.54. The molecule has 2 aromatic heterocycles. The predicted octanol–water partition coefficient (Wildman–Crippen LogP) is 3.13. The third-order valence-electron chi connectivity index (χ3n) is 4.55. The Morgan fingerprint density at radius 3 is 2.96 bits per heavy atom. The van der Waals surface area contributed by atoms with Crippen LogP contribution < -0.4 is 4.74 Å². The summed E-state index contributed by atoms with van der Waals surface area (Å²) < 4.78 is 10.8. The molecule has 1 saturated heterocycles. The molecule has 6 heteroatoms. The Hall–Kier alpha value is -2.73. The highest BCUT2D eigenvalue weighted by Gasteiger charge is 2.28. The average Bonchev–Trinajstić information content (AvgIpc) is 3.32. The summed E-state index contributed by atoms with van der Waals surface area (Å²) in [5.41, 5.74) is 2.18. The van der Waals surface area contributed by atoms with Gasteiger partial charge in [-0.25, -0.2) is 0 Å². The van der Waals surface area contributed by atoms with Gasteiger partial charge in [0.05, 0.1) is 13.0 Å². The molecule has 1 aliphatic heterocycles. The largest absolute Gasteiger partial charge is 0.497 e. The quantitative estimate of drug-likeness (QED) is 0.713. The molecule has 0 saturated carbocycles. The van der Waals surface area contributed by atoms with E-state index in [1.54, 1.807) is 7.11 Å². The van der Waals surface area contributed by atoms with E-state index >= 15 is 0 Å². The Balaban J connectivity index is 1.44. The summed E-state index contributed by atoms with van der Waals surface area (Å²) >= 11 is 0. The molecule has 0 unspecified atom stereocenters. The van der Waals surface area contributed by atoms with E-state index in [2.05, 4.69) is 32.2 Å². The summed E-state index contributed by atoms with van der Waals surface area (Å²) in [5.74, 6) is 2.40. The minimum absolute atomic E-state index is 0.286. The molecule has 1 aromatic carbocycles. The average molecular weight is 336 g/mol. The lowest BCUT2D eigenvalue weighted by Crippen LogP contribution is -2.19. The number of ether oxygens (including phenoxy) is 1. The molecule has 0 aliphatic carbocycles. The van der Waals surface area contributed by atoms with Crippen molar-refractivity contribution >= 4 is 0 Å². The van der Waals surface area contributed by atoms with Crippen molar-refractivity contribution in [2.24, 2.45) is 0 Å². The van der Waals surface area contributed by atoms with Crippen LogP contribution >= 0.6 is 0 Å². The van der Waals surface area contributed by atoms with Crippen molar-refractivity contribution in [2.45, 2.75) is 18.9 Å². The number of hydrogen-bond acceptors (Lipinski definition) is 6. The molecule has 6 nitrogen and oxygen atoms in total. The number of methoxy groups -OCH3 is 1. The van der Waals surface area contributed by atoms with Crippen LogP contribution in [-0.4, -0.2) is 40.2 Å². The Morgan fingerprint density at radius 2 is 2.12 bits per heavy atom. The summed E-state index contributed by atoms with van der Waals surface area (Å²) in [6.07, 6.45) is 4.70. The molecule has 128 valence electrons. The van der Waals surface area contributed by atoms with E-state index in [0.29, 0.717) is 5.82 Å². The maximum Gasteiger partial charge on any atom is 0.231 e. The van der Waals surface area contributed by atoms with Crippen LogP contribution in [0, 0.1) is 0 Å². The maximum atomic E-state index is 5.54. The van der Waals surface area contributed by atoms with E-state index in [1.165, 1.54) is 5.56 Å². The van der Waals surface area contributed by atoms with Gasteiger partial charge in [0.2, 0.25) is 11.7 Å². The summed E-state index contributed by atoms with van der Waals surface area (Å²) in [5, 5.41) is 4.15. The monoisotopic (exact) mass is 336 g/mol. The molecular weight excluding hydrogens is 316 g/mol. The zero-order valence-corrected chi connectivity index (χ0v) is 14.1. The van der Waals surface area contributed by atoms with Crippen LogP contribution in [0.25, 0.3) is 11.4 Å². The van der Waals surface area contributed by atoms with Crippen molar-refractivity contribution in [2.75, 3.05) is 20.2 Å². The number of aromatic nitrogens is 3. The molecule has 0 amide bonds. The zero-order valence-electron chi connectivity index (χ0n) is 14.1. The first kappa shape index (κ1) is 15.8. The van der Waals surface area contributed by atoms with Crippen molar-refractivity contribution in [3.63, 3.8) is 0 Å². The van der Waals surface area contributed by atoms with E-state index in [4.69, 9.17) is 9.26 Å². The van der Waals surface area contributed by atoms with Gasteiger partial charge in [0.15, 0.2) is 0 Å². The van der Waals surface area contributed by atoms with E-state index in [1.807, 2.05) is 36.7 Å². The van der Waals surface area contributed by atoms with Crippen LogP contribution in [0.15, 0.2) is 53.3 Å². The van der Waals surface area contributed by atoms with Crippen LogP contribution in [0.3, 0.4) is 0 Å². The fourth-order valence-corrected chi connectivity index (χ4v) is 3.20. The van der Waals surface area contributed by atoms with Gasteiger partial charge in [0.1, 0.15) is 5.75 Å². The van der Waals surface area contributed by atoms with Crippen LogP contribution in [-0.2, 0) is 6.54 Å². The second kappa shape index (κ2) is 7.03. The molecule has 0 radical (unpaired) electrons. The lowest BCUT2D eigenvalue weighted by molar-refractivity contribution is 0.309. The second-order valence-corrected chi connectivity index (χ2v) is 6.26. The molecule has 1 fully saturated rings. The third-order valence-corrected chi connectivity index (χ3v) is 4.55. The third kappa shape index (κ3) is 3.53. The van der Waals surface area contributed by atoms with E-state index in [9.17, 15) is 0 Å². The van der Waals surface area contributed by atoms with Crippen molar-refractivity contribution < 1.29 is 9.26 Å². The molecule has 3 aromatic rings. The van der Waals surface area contributed by atoms with Gasteiger partial charge in [-0.3, -0.25) is 9.88 Å². The summed E-state index contributed by atoms with van der Waals surface area (Å²) in [6, 6.07) is 11.8. The molecule has 0 bridgehead atoms. The number of likely N-dealkylation sites (tertiary alicyclic amines) is 1. The zero-order chi connectivity index (χ0) is 17.1. The van der Waals surface area contributed by atoms with Gasteiger partial charge in [-0.15, -0.1) is 0 Å². The topological polar surface area (TPSA) is 64.3 Å². The molecule has 3 heterocycles. The highest BCUT2D eigenvalue weighted by atomic mass is 16.5. The number of rotatable bonds is 5. The molecule has 0 spiro atoms. The fraction of sp³-hybridized carbons (Fsp3) is 0.316. The van der Waals surface area contributed by atoms with Gasteiger partial charge in [-0.2, -0.15) is 4.98 Å². The van der Waals surface area contributed by atoms with Gasteiger partial charge in [-0.05, 0) is 42.8 Å². The molecule has 1 aliphatic rings. The molecule has 1 atom stereocenters. The highest BCUT2D eigenvalue weighted by molar-refractivity contribution is 5.56. The summed E-state index contributed by atoms with van der Waals surface area (Å²) in [6.45, 7) is 2.89. The van der Waals surface area contributed by atoms with Crippen LogP contribution in [0.1, 0.15) is 23.8 Å². The first-order valence-corrected chi connectivity index (χ1v) is 8.41. The highest BCUT2D eigenvalue weighted by Crippen LogP contribution is 2.29. The summed E-state index contributed by atoms with van der Waals surface area (Å²) in [4.78, 5) is 11.1. The molecule has 25 heavy (non-hydrogen) atoms. The molecule has 4 rings (SSSR count). The minimum Gasteiger partial charge on any atom is -0.497 e. The van der Waals surface area contributed by atoms with Crippen molar-refractivity contribution in [3.05, 3.63) is 60.2 Å². The van der Waals surface area contributed by atoms with E-state index in [0.717, 1.165) is 43.3 Å². The van der Waals surface area contributed by atoms with Crippen molar-refractivity contribution in [3.8, 4) is 17.1 Å². The second-order valence-electron chi connectivity index (χ2n) is 6.26. The summed E-state index contributed by atoms with van der Waals surface area (Å²) in [7, 11) is 1.65. The molecule has 0 N–H and O–H groups in total. The first-order valence-electron chi connectivity index (χ1n) is 8.41. The Bertz CT molecular complexity index is 834. The van der Waals surface area contributed by atoms with Gasteiger partial charge in [0.25, 0.3) is 0 Å². The first-order chi connectivity index (χ1) is 12.3. The number of benzene rings is 1. The van der Waals surface area contributed by atoms with Gasteiger partial charge < -0.3 is 9.26 Å². The van der Waals surface area contributed by atoms with Crippen molar-refractivity contribution in [1.29, 1.82) is 0 Å². The van der Waals surface area contributed by atoms with Gasteiger partial charge in [0, 0.05) is 31.0 Å². The van der Waals surface area contributed by atoms with Gasteiger partial charge in [-0.1, -0.05) is 17.3 Å². The van der Waals surface area contributed by atoms with Crippen LogP contribution in [0.5, 0.6) is 5.75 Å². The van der Waals surface area contributed by atoms with E-state index in [-0.39, 0.29) is 5.92 Å². The van der Waals surface area contributed by atoms with Crippen LogP contribution in [0.4, 0.5) is 0 Å². The van der Waals surface area contributed by atoms with E-state index < -0.39 is 0 Å². The number of nitrogens with zero attached hydrogens (tertiary/aromatic N) is 4. The smallest absolute Gasteiger partial charge is 0.231 e. The lowest BCUT2D eigenvalue weighted by atomic mass is 10.1. The lowest BCUT2D eigenvalue weighted by Gasteiger charge is -2.14. The number of hydrogen-bond donors (Lipinski definition) is 0. The Kier molecular flexibility index (Phi) is 4.43. The predicted molar refractivity (Wildman–Crippen MR) is 93.2 cm³/mol. The Morgan fingerprint density at radius 1 is 1.24 bits per heavy atom. The molecular formula is C19H20N4O2. The van der Waals surface area contributed by atoms with Crippen LogP contribution in [0.2, 0.25) is 0 Å². The van der Waals surface area contributed by atoms with Crippen molar-refractivity contribution in [1.82, 2.24) is 20.0 Å². The fourth-order valence-electron chi connectivity index (χ4n) is 3.20.